The number of fused-ring (bicyclic) bond motifs is 1. The molecule has 2 heterocycles. The molecule has 0 saturated heterocycles. The van der Waals surface area contributed by atoms with Crippen molar-refractivity contribution in [3.8, 4) is 0 Å². The Morgan fingerprint density at radius 2 is 2.27 bits per heavy atom. The number of nitrogens with one attached hydrogen (secondary N) is 1. The topological polar surface area (TPSA) is 66.2 Å². The van der Waals surface area contributed by atoms with Gasteiger partial charge in [-0.3, -0.25) is 4.79 Å². The third-order valence-electron chi connectivity index (χ3n) is 1.36. The Morgan fingerprint density at radius 3 is 3.00 bits per heavy atom. The summed E-state index contributed by atoms with van der Waals surface area (Å²) in [5, 5.41) is 9.89. The molecule has 0 spiro atoms. The Kier molecular flexibility index (Phi) is 1.35. The van der Waals surface area contributed by atoms with E-state index < -0.39 is 0 Å². The molecule has 0 aromatic rings. The molecular weight excluding hydrogens is 212 g/mol. The van der Waals surface area contributed by atoms with Crippen LogP contribution in [0.1, 0.15) is 0 Å². The van der Waals surface area contributed by atoms with E-state index >= 15 is 0 Å². The van der Waals surface area contributed by atoms with Crippen molar-refractivity contribution >= 4 is 27.7 Å². The standard InChI is InChI=1S/C5H3BrN4O/c6-3-2-4(10-9-3)7-1-8-5(2)11/h1H2,(H,8,11). The number of halogens is 1. The summed E-state index contributed by atoms with van der Waals surface area (Å²) in [5.41, 5.74) is 0.427. The molecule has 0 aromatic carbocycles. The van der Waals surface area contributed by atoms with Crippen LogP contribution in [0, 0.1) is 0 Å². The van der Waals surface area contributed by atoms with Crippen LogP contribution in [-0.4, -0.2) is 18.4 Å². The summed E-state index contributed by atoms with van der Waals surface area (Å²) in [7, 11) is 0. The second-order valence-corrected chi connectivity index (χ2v) is 2.76. The zero-order valence-electron chi connectivity index (χ0n) is 5.33. The first-order chi connectivity index (χ1) is 5.29. The van der Waals surface area contributed by atoms with Crippen LogP contribution in [0.2, 0.25) is 0 Å². The second-order valence-electron chi connectivity index (χ2n) is 2.01. The Bertz CT molecular complexity index is 316. The van der Waals surface area contributed by atoms with E-state index in [9.17, 15) is 4.79 Å². The molecule has 2 aliphatic rings. The number of hydrogen-bond acceptors (Lipinski definition) is 4. The smallest absolute Gasteiger partial charge is 0.259 e. The van der Waals surface area contributed by atoms with Crippen LogP contribution in [0.15, 0.2) is 25.4 Å². The molecule has 1 amide bonds. The maximum atomic E-state index is 11.1. The lowest BCUT2D eigenvalue weighted by molar-refractivity contribution is -0.117. The molecule has 0 aliphatic carbocycles. The van der Waals surface area contributed by atoms with Crippen LogP contribution < -0.4 is 5.32 Å². The van der Waals surface area contributed by atoms with E-state index in [2.05, 4.69) is 36.5 Å². The fraction of sp³-hybridized carbons (Fsp3) is 0.200. The van der Waals surface area contributed by atoms with Gasteiger partial charge in [0.15, 0.2) is 5.84 Å². The van der Waals surface area contributed by atoms with E-state index in [1.807, 2.05) is 0 Å². The molecule has 2 rings (SSSR count). The minimum absolute atomic E-state index is 0.174. The summed E-state index contributed by atoms with van der Waals surface area (Å²) >= 11 is 3.10. The number of hydrogen-bond donors (Lipinski definition) is 1. The van der Waals surface area contributed by atoms with E-state index in [0.717, 1.165) is 0 Å². The van der Waals surface area contributed by atoms with Gasteiger partial charge in [0.05, 0.1) is 0 Å². The van der Waals surface area contributed by atoms with Crippen molar-refractivity contribution < 1.29 is 4.79 Å². The molecule has 6 heteroatoms. The van der Waals surface area contributed by atoms with Gasteiger partial charge in [0.2, 0.25) is 0 Å². The molecule has 0 aromatic heterocycles. The largest absolute Gasteiger partial charge is 0.333 e. The molecular formula is C5H3BrN4O. The maximum Gasteiger partial charge on any atom is 0.259 e. The van der Waals surface area contributed by atoms with Crippen LogP contribution in [0.25, 0.3) is 0 Å². The van der Waals surface area contributed by atoms with Gasteiger partial charge in [-0.2, -0.15) is 0 Å². The number of amidine groups is 1. The molecule has 0 saturated carbocycles. The zero-order chi connectivity index (χ0) is 7.84. The van der Waals surface area contributed by atoms with Crippen LogP contribution in [0.4, 0.5) is 0 Å². The van der Waals surface area contributed by atoms with Crippen molar-refractivity contribution in [1.29, 1.82) is 0 Å². The molecule has 1 N–H and O–H groups in total. The number of amides is 1. The van der Waals surface area contributed by atoms with E-state index in [4.69, 9.17) is 0 Å². The third kappa shape index (κ3) is 0.900. The lowest BCUT2D eigenvalue weighted by Crippen LogP contribution is -2.32. The highest BCUT2D eigenvalue weighted by molar-refractivity contribution is 9.11. The van der Waals surface area contributed by atoms with E-state index in [1.165, 1.54) is 0 Å². The third-order valence-corrected chi connectivity index (χ3v) is 1.91. The van der Waals surface area contributed by atoms with Gasteiger partial charge in [-0.1, -0.05) is 0 Å². The van der Waals surface area contributed by atoms with Crippen LogP contribution in [0.3, 0.4) is 0 Å². The minimum Gasteiger partial charge on any atom is -0.333 e. The molecule has 0 unspecified atom stereocenters. The van der Waals surface area contributed by atoms with Gasteiger partial charge in [-0.15, -0.1) is 10.2 Å². The number of rotatable bonds is 0. The van der Waals surface area contributed by atoms with Crippen LogP contribution >= 0.6 is 15.9 Å². The first-order valence-corrected chi connectivity index (χ1v) is 3.73. The van der Waals surface area contributed by atoms with Crippen LogP contribution in [0.5, 0.6) is 0 Å². The molecule has 0 bridgehead atoms. The fourth-order valence-corrected chi connectivity index (χ4v) is 1.30. The van der Waals surface area contributed by atoms with Gasteiger partial charge in [0.1, 0.15) is 16.8 Å². The molecule has 11 heavy (non-hydrogen) atoms. The molecule has 5 nitrogen and oxygen atoms in total. The normalized spacial score (nSPS) is 21.5. The van der Waals surface area contributed by atoms with Gasteiger partial charge in [0.25, 0.3) is 5.91 Å². The number of aliphatic imine (C=N–C) groups is 1. The molecule has 56 valence electrons. The van der Waals surface area contributed by atoms with E-state index in [1.54, 1.807) is 0 Å². The summed E-state index contributed by atoms with van der Waals surface area (Å²) in [6, 6.07) is 0. The minimum atomic E-state index is -0.174. The lowest BCUT2D eigenvalue weighted by atomic mass is 10.2. The van der Waals surface area contributed by atoms with Gasteiger partial charge >= 0.3 is 0 Å². The number of carbonyl (C=O) groups is 1. The monoisotopic (exact) mass is 214 g/mol. The summed E-state index contributed by atoms with van der Waals surface area (Å²) in [6.45, 7) is 0.289. The highest BCUT2D eigenvalue weighted by Crippen LogP contribution is 2.24. The molecule has 0 atom stereocenters. The predicted molar refractivity (Wildman–Crippen MR) is 41.3 cm³/mol. The average molecular weight is 215 g/mol. The number of nitrogens with zero attached hydrogens (tertiary/aromatic N) is 3. The maximum absolute atomic E-state index is 11.1. The second kappa shape index (κ2) is 2.23. The lowest BCUT2D eigenvalue weighted by Gasteiger charge is -2.08. The quantitative estimate of drug-likeness (QED) is 0.589. The highest BCUT2D eigenvalue weighted by atomic mass is 79.9. The van der Waals surface area contributed by atoms with Gasteiger partial charge in [0, 0.05) is 0 Å². The van der Waals surface area contributed by atoms with Crippen LogP contribution in [-0.2, 0) is 4.79 Å². The van der Waals surface area contributed by atoms with Crippen molar-refractivity contribution in [1.82, 2.24) is 5.32 Å². The first-order valence-electron chi connectivity index (χ1n) is 2.93. The summed E-state index contributed by atoms with van der Waals surface area (Å²) in [5.74, 6) is 0.243. The fourth-order valence-electron chi connectivity index (χ4n) is 0.864. The average Bonchev–Trinajstić information content (AvgIpc) is 2.34. The van der Waals surface area contributed by atoms with Crippen molar-refractivity contribution in [2.75, 3.05) is 6.67 Å². The summed E-state index contributed by atoms with van der Waals surface area (Å²) < 4.78 is 0.452. The van der Waals surface area contributed by atoms with E-state index in [0.29, 0.717) is 16.0 Å². The van der Waals surface area contributed by atoms with Crippen molar-refractivity contribution in [2.45, 2.75) is 0 Å². The number of carbonyl (C=O) groups excluding carboxylic acids is 1. The summed E-state index contributed by atoms with van der Waals surface area (Å²) in [4.78, 5) is 15.0. The zero-order valence-corrected chi connectivity index (χ0v) is 6.92. The Labute approximate surface area is 70.4 Å². The van der Waals surface area contributed by atoms with Crippen molar-refractivity contribution in [3.05, 3.63) is 10.2 Å². The molecule has 0 radical (unpaired) electrons. The Morgan fingerprint density at radius 1 is 1.45 bits per heavy atom. The van der Waals surface area contributed by atoms with Gasteiger partial charge in [-0.05, 0) is 15.9 Å². The molecule has 0 fully saturated rings. The SMILES string of the molecule is O=C1NCN=C2N=NC(Br)=C12. The first kappa shape index (κ1) is 6.66. The Balaban J connectivity index is 2.54. The Hall–Kier alpha value is -1.04. The molecule has 2 aliphatic heterocycles. The van der Waals surface area contributed by atoms with Crippen molar-refractivity contribution in [2.24, 2.45) is 15.2 Å². The summed E-state index contributed by atoms with van der Waals surface area (Å²) in [6.07, 6.45) is 0. The highest BCUT2D eigenvalue weighted by Gasteiger charge is 2.27. The van der Waals surface area contributed by atoms with Gasteiger partial charge < -0.3 is 5.32 Å². The van der Waals surface area contributed by atoms with Crippen molar-refractivity contribution in [3.63, 3.8) is 0 Å². The predicted octanol–water partition coefficient (Wildman–Crippen LogP) is 0.544. The number of azo groups is 1. The van der Waals surface area contributed by atoms with Gasteiger partial charge in [-0.25, -0.2) is 4.99 Å². The van der Waals surface area contributed by atoms with E-state index in [-0.39, 0.29) is 12.6 Å².